The van der Waals surface area contributed by atoms with Crippen LogP contribution in [0.3, 0.4) is 0 Å². The molecule has 1 N–H and O–H groups in total. The molecule has 0 bridgehead atoms. The van der Waals surface area contributed by atoms with Crippen LogP contribution < -0.4 is 10.1 Å². The van der Waals surface area contributed by atoms with Crippen molar-refractivity contribution in [3.8, 4) is 24.2 Å². The second-order valence-corrected chi connectivity index (χ2v) is 5.27. The SMILES string of the molecule is C#CCOc1cccc(/C=C(/C#N)C(=O)Nc2cccc(C(F)(F)F)c2)c1. The Balaban J connectivity index is 2.20. The number of hydrogen-bond acceptors (Lipinski definition) is 3. The largest absolute Gasteiger partial charge is 0.481 e. The Labute approximate surface area is 153 Å². The van der Waals surface area contributed by atoms with Crippen LogP contribution in [0.1, 0.15) is 11.1 Å². The van der Waals surface area contributed by atoms with Crippen molar-refractivity contribution in [3.63, 3.8) is 0 Å². The standard InChI is InChI=1S/C20H13F3N2O2/c1-2-9-27-18-8-3-5-14(11-18)10-15(13-24)19(26)25-17-7-4-6-16(12-17)20(21,22)23/h1,3-8,10-12H,9H2,(H,25,26)/b15-10-. The van der Waals surface area contributed by atoms with Crippen LogP contribution >= 0.6 is 0 Å². The predicted octanol–water partition coefficient (Wildman–Crippen LogP) is 4.26. The first-order chi connectivity index (χ1) is 12.8. The Bertz CT molecular complexity index is 951. The van der Waals surface area contributed by atoms with Crippen LogP contribution in [-0.2, 0) is 11.0 Å². The van der Waals surface area contributed by atoms with Gasteiger partial charge >= 0.3 is 6.18 Å². The number of carbonyl (C=O) groups is 1. The monoisotopic (exact) mass is 370 g/mol. The first kappa shape index (κ1) is 19.6. The highest BCUT2D eigenvalue weighted by Crippen LogP contribution is 2.30. The Hall–Kier alpha value is -3.71. The summed E-state index contributed by atoms with van der Waals surface area (Å²) in [6.07, 6.45) is 1.88. The molecule has 0 heterocycles. The van der Waals surface area contributed by atoms with Gasteiger partial charge in [-0.15, -0.1) is 6.42 Å². The maximum atomic E-state index is 12.7. The third kappa shape index (κ3) is 5.65. The van der Waals surface area contributed by atoms with Gasteiger partial charge in [-0.1, -0.05) is 24.1 Å². The van der Waals surface area contributed by atoms with Crippen LogP contribution in [0, 0.1) is 23.7 Å². The number of anilines is 1. The molecule has 27 heavy (non-hydrogen) atoms. The number of terminal acetylenes is 1. The number of hydrogen-bond donors (Lipinski definition) is 1. The van der Waals surface area contributed by atoms with Crippen molar-refractivity contribution < 1.29 is 22.7 Å². The van der Waals surface area contributed by atoms with Crippen molar-refractivity contribution in [1.29, 1.82) is 5.26 Å². The lowest BCUT2D eigenvalue weighted by Crippen LogP contribution is -2.14. The van der Waals surface area contributed by atoms with E-state index in [2.05, 4.69) is 11.2 Å². The van der Waals surface area contributed by atoms with E-state index in [1.165, 1.54) is 18.2 Å². The average Bonchev–Trinajstić information content (AvgIpc) is 2.64. The molecule has 4 nitrogen and oxygen atoms in total. The summed E-state index contributed by atoms with van der Waals surface area (Å²) in [5.74, 6) is 1.94. The van der Waals surface area contributed by atoms with E-state index in [0.29, 0.717) is 11.3 Å². The van der Waals surface area contributed by atoms with Crippen LogP contribution in [0.15, 0.2) is 54.1 Å². The van der Waals surface area contributed by atoms with Crippen LogP contribution in [0.2, 0.25) is 0 Å². The number of halogens is 3. The summed E-state index contributed by atoms with van der Waals surface area (Å²) >= 11 is 0. The molecular formula is C20H13F3N2O2. The molecular weight excluding hydrogens is 357 g/mol. The number of amides is 1. The zero-order valence-corrected chi connectivity index (χ0v) is 13.9. The van der Waals surface area contributed by atoms with Gasteiger partial charge in [-0.2, -0.15) is 18.4 Å². The summed E-state index contributed by atoms with van der Waals surface area (Å²) in [5.41, 5.74) is -0.745. The third-order valence-electron chi connectivity index (χ3n) is 3.30. The second kappa shape index (κ2) is 8.59. The topological polar surface area (TPSA) is 62.1 Å². The van der Waals surface area contributed by atoms with Gasteiger partial charge in [0.05, 0.1) is 5.56 Å². The zero-order valence-electron chi connectivity index (χ0n) is 13.9. The molecule has 0 aromatic heterocycles. The van der Waals surface area contributed by atoms with Crippen molar-refractivity contribution in [2.45, 2.75) is 6.18 Å². The summed E-state index contributed by atoms with van der Waals surface area (Å²) < 4.78 is 43.5. The fourth-order valence-electron chi connectivity index (χ4n) is 2.11. The predicted molar refractivity (Wildman–Crippen MR) is 94.4 cm³/mol. The number of nitriles is 1. The quantitative estimate of drug-likeness (QED) is 0.486. The van der Waals surface area contributed by atoms with Gasteiger partial charge in [-0.3, -0.25) is 4.79 Å². The van der Waals surface area contributed by atoms with E-state index in [9.17, 15) is 23.2 Å². The van der Waals surface area contributed by atoms with E-state index < -0.39 is 17.6 Å². The highest BCUT2D eigenvalue weighted by molar-refractivity contribution is 6.09. The number of alkyl halides is 3. The van der Waals surface area contributed by atoms with Crippen LogP contribution in [0.25, 0.3) is 6.08 Å². The number of ether oxygens (including phenoxy) is 1. The van der Waals surface area contributed by atoms with Gasteiger partial charge in [0.25, 0.3) is 5.91 Å². The molecule has 0 saturated carbocycles. The van der Waals surface area contributed by atoms with Gasteiger partial charge in [-0.25, -0.2) is 0 Å². The van der Waals surface area contributed by atoms with Gasteiger partial charge in [-0.05, 0) is 42.0 Å². The minimum absolute atomic E-state index is 0.0638. The van der Waals surface area contributed by atoms with E-state index in [-0.39, 0.29) is 17.9 Å². The van der Waals surface area contributed by atoms with Crippen LogP contribution in [0.4, 0.5) is 18.9 Å². The van der Waals surface area contributed by atoms with Crippen molar-refractivity contribution in [2.75, 3.05) is 11.9 Å². The smallest absolute Gasteiger partial charge is 0.416 e. The summed E-state index contributed by atoms with van der Waals surface area (Å²) in [6.45, 7) is 0.0638. The zero-order chi connectivity index (χ0) is 19.9. The molecule has 0 atom stereocenters. The molecule has 0 aliphatic heterocycles. The van der Waals surface area contributed by atoms with E-state index in [1.54, 1.807) is 30.3 Å². The summed E-state index contributed by atoms with van der Waals surface area (Å²) in [4.78, 5) is 12.2. The molecule has 0 aliphatic carbocycles. The van der Waals surface area contributed by atoms with E-state index in [4.69, 9.17) is 11.2 Å². The number of nitrogens with zero attached hydrogens (tertiary/aromatic N) is 1. The number of carbonyl (C=O) groups excluding carboxylic acids is 1. The molecule has 136 valence electrons. The highest BCUT2D eigenvalue weighted by Gasteiger charge is 2.30. The molecule has 0 radical (unpaired) electrons. The summed E-state index contributed by atoms with van der Waals surface area (Å²) in [5, 5.41) is 11.5. The Morgan fingerprint density at radius 2 is 1.96 bits per heavy atom. The van der Waals surface area contributed by atoms with Gasteiger partial charge in [0.2, 0.25) is 0 Å². The van der Waals surface area contributed by atoms with Crippen molar-refractivity contribution in [3.05, 3.63) is 65.2 Å². The normalized spacial score (nSPS) is 11.2. The fourth-order valence-corrected chi connectivity index (χ4v) is 2.11. The maximum Gasteiger partial charge on any atom is 0.416 e. The molecule has 2 aromatic rings. The van der Waals surface area contributed by atoms with Gasteiger partial charge < -0.3 is 10.1 Å². The van der Waals surface area contributed by atoms with Crippen molar-refractivity contribution >= 4 is 17.7 Å². The van der Waals surface area contributed by atoms with Gasteiger partial charge in [0.15, 0.2) is 0 Å². The summed E-state index contributed by atoms with van der Waals surface area (Å²) in [6, 6.07) is 12.4. The lowest BCUT2D eigenvalue weighted by Gasteiger charge is -2.09. The van der Waals surface area contributed by atoms with Gasteiger partial charge in [0.1, 0.15) is 24.0 Å². The maximum absolute atomic E-state index is 12.7. The second-order valence-electron chi connectivity index (χ2n) is 5.27. The Kier molecular flexibility index (Phi) is 6.24. The van der Waals surface area contributed by atoms with E-state index >= 15 is 0 Å². The average molecular weight is 370 g/mol. The highest BCUT2D eigenvalue weighted by atomic mass is 19.4. The lowest BCUT2D eigenvalue weighted by atomic mass is 10.1. The Morgan fingerprint density at radius 3 is 2.63 bits per heavy atom. The minimum atomic E-state index is -4.53. The number of benzene rings is 2. The molecule has 2 aromatic carbocycles. The molecule has 0 aliphatic rings. The molecule has 7 heteroatoms. The van der Waals surface area contributed by atoms with Crippen molar-refractivity contribution in [2.24, 2.45) is 0 Å². The first-order valence-corrected chi connectivity index (χ1v) is 7.60. The van der Waals surface area contributed by atoms with Gasteiger partial charge in [0, 0.05) is 5.69 Å². The lowest BCUT2D eigenvalue weighted by molar-refractivity contribution is -0.137. The summed E-state index contributed by atoms with van der Waals surface area (Å²) in [7, 11) is 0. The first-order valence-electron chi connectivity index (χ1n) is 7.60. The molecule has 0 saturated heterocycles. The number of nitrogens with one attached hydrogen (secondary N) is 1. The van der Waals surface area contributed by atoms with Crippen LogP contribution in [0.5, 0.6) is 5.75 Å². The molecule has 2 rings (SSSR count). The molecule has 0 unspecified atom stereocenters. The van der Waals surface area contributed by atoms with Crippen LogP contribution in [-0.4, -0.2) is 12.5 Å². The molecule has 0 fully saturated rings. The van der Waals surface area contributed by atoms with Crippen molar-refractivity contribution in [1.82, 2.24) is 0 Å². The van der Waals surface area contributed by atoms with E-state index in [1.807, 2.05) is 0 Å². The fraction of sp³-hybridized carbons (Fsp3) is 0.100. The minimum Gasteiger partial charge on any atom is -0.481 e. The molecule has 0 spiro atoms. The molecule has 1 amide bonds. The Morgan fingerprint density at radius 1 is 1.22 bits per heavy atom. The third-order valence-corrected chi connectivity index (χ3v) is 3.30. The van der Waals surface area contributed by atoms with E-state index in [0.717, 1.165) is 12.1 Å². The number of rotatable bonds is 5.